The number of hydrogen-bond donors (Lipinski definition) is 1. The van der Waals surface area contributed by atoms with Crippen molar-refractivity contribution >= 4 is 21.8 Å². The van der Waals surface area contributed by atoms with Gasteiger partial charge < -0.3 is 10.0 Å². The number of piperidine rings is 1. The Hall–Kier alpha value is -2.42. The molecule has 29 heavy (non-hydrogen) atoms. The van der Waals surface area contributed by atoms with Gasteiger partial charge in [0.2, 0.25) is 5.91 Å². The second-order valence-corrected chi connectivity index (χ2v) is 8.96. The Morgan fingerprint density at radius 1 is 1.24 bits per heavy atom. The van der Waals surface area contributed by atoms with E-state index >= 15 is 0 Å². The van der Waals surface area contributed by atoms with E-state index < -0.39 is 11.6 Å². The molecule has 0 radical (unpaired) electrons. The van der Waals surface area contributed by atoms with Crippen LogP contribution in [0.25, 0.3) is 0 Å². The predicted octanol–water partition coefficient (Wildman–Crippen LogP) is 4.76. The fourth-order valence-electron chi connectivity index (χ4n) is 4.84. The van der Waals surface area contributed by atoms with E-state index in [1.54, 1.807) is 0 Å². The zero-order valence-corrected chi connectivity index (χ0v) is 17.8. The van der Waals surface area contributed by atoms with E-state index in [2.05, 4.69) is 22.0 Å². The van der Waals surface area contributed by atoms with Crippen molar-refractivity contribution in [2.75, 3.05) is 0 Å². The van der Waals surface area contributed by atoms with Crippen molar-refractivity contribution in [1.82, 2.24) is 4.90 Å². The highest BCUT2D eigenvalue weighted by Crippen LogP contribution is 2.55. The molecule has 1 fully saturated rings. The van der Waals surface area contributed by atoms with Gasteiger partial charge in [0.05, 0.1) is 6.07 Å². The largest absolute Gasteiger partial charge is 0.373 e. The number of likely N-dealkylation sites (tertiary alicyclic amines) is 1. The molecule has 2 aromatic rings. The van der Waals surface area contributed by atoms with Crippen LogP contribution in [0.1, 0.15) is 36.8 Å². The van der Waals surface area contributed by atoms with Gasteiger partial charge >= 0.3 is 0 Å². The lowest BCUT2D eigenvalue weighted by molar-refractivity contribution is -0.166. The molecule has 1 aliphatic carbocycles. The molecule has 2 aromatic carbocycles. The highest BCUT2D eigenvalue weighted by atomic mass is 79.9. The highest BCUT2D eigenvalue weighted by Gasteiger charge is 2.59. The summed E-state index contributed by atoms with van der Waals surface area (Å²) < 4.78 is 0.927. The van der Waals surface area contributed by atoms with E-state index in [0.29, 0.717) is 19.4 Å². The topological polar surface area (TPSA) is 64.3 Å². The minimum Gasteiger partial charge on any atom is -0.373 e. The lowest BCUT2D eigenvalue weighted by Gasteiger charge is -2.50. The first-order chi connectivity index (χ1) is 14.0. The number of carbonyl (C=O) groups excluding carboxylic acids is 1. The molecule has 0 bridgehead atoms. The lowest BCUT2D eigenvalue weighted by Crippen LogP contribution is -2.59. The molecule has 1 amide bonds. The highest BCUT2D eigenvalue weighted by molar-refractivity contribution is 9.10. The van der Waals surface area contributed by atoms with Gasteiger partial charge in [0, 0.05) is 29.3 Å². The first kappa shape index (κ1) is 19.9. The summed E-state index contributed by atoms with van der Waals surface area (Å²) in [4.78, 5) is 15.3. The molecule has 4 nitrogen and oxygen atoms in total. The van der Waals surface area contributed by atoms with Crippen LogP contribution in [0.4, 0.5) is 0 Å². The molecule has 2 aliphatic rings. The molecule has 1 N–H and O–H groups in total. The van der Waals surface area contributed by atoms with Crippen molar-refractivity contribution in [3.05, 3.63) is 81.8 Å². The average Bonchev–Trinajstić information content (AvgIpc) is 2.71. The van der Waals surface area contributed by atoms with Crippen LogP contribution in [-0.4, -0.2) is 22.1 Å². The summed E-state index contributed by atoms with van der Waals surface area (Å²) in [5.74, 6) is -0.834. The van der Waals surface area contributed by atoms with E-state index in [9.17, 15) is 15.2 Å². The summed E-state index contributed by atoms with van der Waals surface area (Å²) in [5.41, 5.74) is 1.85. The Balaban J connectivity index is 1.79. The van der Waals surface area contributed by atoms with Gasteiger partial charge in [0.1, 0.15) is 11.6 Å². The third kappa shape index (κ3) is 3.41. The first-order valence-electron chi connectivity index (χ1n) is 9.82. The number of carbonyl (C=O) groups is 1. The van der Waals surface area contributed by atoms with Crippen molar-refractivity contribution in [2.24, 2.45) is 11.3 Å². The normalized spacial score (nSPS) is 29.0. The molecule has 1 heterocycles. The van der Waals surface area contributed by atoms with Gasteiger partial charge in [0.15, 0.2) is 0 Å². The smallest absolute Gasteiger partial charge is 0.246 e. The Morgan fingerprint density at radius 3 is 2.69 bits per heavy atom. The van der Waals surface area contributed by atoms with Crippen LogP contribution in [0, 0.1) is 22.7 Å². The molecule has 4 atom stereocenters. The number of hydrogen-bond acceptors (Lipinski definition) is 3. The van der Waals surface area contributed by atoms with Crippen molar-refractivity contribution in [3.8, 4) is 6.07 Å². The Kier molecular flexibility index (Phi) is 5.33. The van der Waals surface area contributed by atoms with E-state index in [-0.39, 0.29) is 17.7 Å². The third-order valence-electron chi connectivity index (χ3n) is 6.22. The van der Waals surface area contributed by atoms with Crippen molar-refractivity contribution in [2.45, 2.75) is 38.5 Å². The monoisotopic (exact) mass is 450 g/mol. The molecule has 1 aliphatic heterocycles. The molecular formula is C24H23BrN2O2. The van der Waals surface area contributed by atoms with Gasteiger partial charge in [0.25, 0.3) is 0 Å². The minimum atomic E-state index is -1.21. The zero-order chi connectivity index (χ0) is 20.6. The third-order valence-corrected chi connectivity index (χ3v) is 6.71. The van der Waals surface area contributed by atoms with E-state index in [0.717, 1.165) is 21.2 Å². The number of amides is 1. The summed E-state index contributed by atoms with van der Waals surface area (Å²) in [6, 6.07) is 19.9. The molecule has 0 unspecified atom stereocenters. The van der Waals surface area contributed by atoms with Crippen LogP contribution in [0.2, 0.25) is 0 Å². The molecule has 0 aromatic heterocycles. The number of aliphatic hydroxyl groups excluding tert-OH is 1. The predicted molar refractivity (Wildman–Crippen MR) is 114 cm³/mol. The van der Waals surface area contributed by atoms with Gasteiger partial charge in [-0.25, -0.2) is 0 Å². The average molecular weight is 451 g/mol. The van der Waals surface area contributed by atoms with Gasteiger partial charge in [-0.1, -0.05) is 70.0 Å². The summed E-state index contributed by atoms with van der Waals surface area (Å²) in [5, 5.41) is 21.2. The molecule has 1 saturated heterocycles. The van der Waals surface area contributed by atoms with Crippen molar-refractivity contribution in [1.29, 1.82) is 5.26 Å². The van der Waals surface area contributed by atoms with Gasteiger partial charge in [-0.2, -0.15) is 5.26 Å². The number of nitriles is 1. The fraction of sp³-hybridized carbons (Fsp3) is 0.333. The summed E-state index contributed by atoms with van der Waals surface area (Å²) in [6.45, 7) is 2.34. The number of nitrogens with zero attached hydrogens (tertiary/aromatic N) is 2. The summed E-state index contributed by atoms with van der Waals surface area (Å²) in [6.07, 6.45) is 2.15. The van der Waals surface area contributed by atoms with Crippen LogP contribution in [0.5, 0.6) is 0 Å². The van der Waals surface area contributed by atoms with Gasteiger partial charge in [-0.15, -0.1) is 0 Å². The van der Waals surface area contributed by atoms with E-state index in [4.69, 9.17) is 0 Å². The lowest BCUT2D eigenvalue weighted by atomic mass is 9.56. The van der Waals surface area contributed by atoms with E-state index in [1.165, 1.54) is 4.90 Å². The Labute approximate surface area is 179 Å². The Bertz CT molecular complexity index is 997. The number of fused-ring (bicyclic) bond motifs is 1. The molecule has 0 saturated carbocycles. The Morgan fingerprint density at radius 2 is 2.00 bits per heavy atom. The quantitative estimate of drug-likeness (QED) is 0.685. The first-order valence-corrected chi connectivity index (χ1v) is 10.6. The standard InChI is InChI=1S/C24H23BrN2O2/c1-16-10-19-13-22(28)27(14-17-6-3-2-4-7-17)23(29)24(19,15-26)21(11-16)18-8-5-9-20(25)12-18/h2-10,12,19,21-22,28H,11,13-14H2,1H3/t19-,21+,22+,24+/m1/s1. The number of benzene rings is 2. The maximum Gasteiger partial charge on any atom is 0.246 e. The van der Waals surface area contributed by atoms with Crippen molar-refractivity contribution in [3.63, 3.8) is 0 Å². The SMILES string of the molecule is CC1=C[C@@H]2C[C@H](O)N(Cc3ccccc3)C(=O)[C@]2(C#N)[C@H](c2cccc(Br)c2)C1. The number of aliphatic hydroxyl groups is 1. The second-order valence-electron chi connectivity index (χ2n) is 8.05. The molecule has 4 rings (SSSR count). The molecular weight excluding hydrogens is 428 g/mol. The van der Waals surface area contributed by atoms with Crippen LogP contribution in [0.15, 0.2) is 70.7 Å². The summed E-state index contributed by atoms with van der Waals surface area (Å²) in [7, 11) is 0. The van der Waals surface area contributed by atoms with Crippen LogP contribution in [-0.2, 0) is 11.3 Å². The van der Waals surface area contributed by atoms with Crippen LogP contribution >= 0.6 is 15.9 Å². The maximum atomic E-state index is 13.8. The van der Waals surface area contributed by atoms with E-state index in [1.807, 2.05) is 67.6 Å². The second kappa shape index (κ2) is 7.78. The zero-order valence-electron chi connectivity index (χ0n) is 16.3. The number of halogens is 1. The molecule has 0 spiro atoms. The molecule has 148 valence electrons. The van der Waals surface area contributed by atoms with Crippen LogP contribution < -0.4 is 0 Å². The maximum absolute atomic E-state index is 13.8. The fourth-order valence-corrected chi connectivity index (χ4v) is 5.26. The number of rotatable bonds is 3. The minimum absolute atomic E-state index is 0.252. The molecule has 5 heteroatoms. The van der Waals surface area contributed by atoms with Crippen LogP contribution in [0.3, 0.4) is 0 Å². The van der Waals surface area contributed by atoms with Gasteiger partial charge in [-0.05, 0) is 36.6 Å². The van der Waals surface area contributed by atoms with Crippen molar-refractivity contribution < 1.29 is 9.90 Å². The summed E-state index contributed by atoms with van der Waals surface area (Å²) >= 11 is 3.52. The number of allylic oxidation sites excluding steroid dienone is 2. The van der Waals surface area contributed by atoms with Gasteiger partial charge in [-0.3, -0.25) is 4.79 Å².